The van der Waals surface area contributed by atoms with Crippen molar-refractivity contribution in [1.29, 1.82) is 0 Å². The second kappa shape index (κ2) is 8.63. The second-order valence-electron chi connectivity index (χ2n) is 7.08. The Morgan fingerprint density at radius 2 is 1.42 bits per heavy atom. The summed E-state index contributed by atoms with van der Waals surface area (Å²) in [6, 6.07) is 17.9. The number of hydrogen-bond donors (Lipinski definition) is 2. The van der Waals surface area contributed by atoms with Gasteiger partial charge in [-0.15, -0.1) is 0 Å². The van der Waals surface area contributed by atoms with Crippen LogP contribution in [0, 0.1) is 0 Å². The van der Waals surface area contributed by atoms with E-state index in [1.807, 2.05) is 60.7 Å². The number of benzene rings is 2. The van der Waals surface area contributed by atoms with Gasteiger partial charge in [-0.3, -0.25) is 14.9 Å². The van der Waals surface area contributed by atoms with Crippen LogP contribution in [-0.2, 0) is 14.3 Å². The molecule has 26 heavy (non-hydrogen) atoms. The predicted octanol–water partition coefficient (Wildman–Crippen LogP) is 3.20. The summed E-state index contributed by atoms with van der Waals surface area (Å²) in [6.07, 6.45) is 0. The molecule has 5 nitrogen and oxygen atoms in total. The molecule has 0 bridgehead atoms. The normalized spacial score (nSPS) is 12.6. The van der Waals surface area contributed by atoms with Crippen molar-refractivity contribution in [2.75, 3.05) is 6.54 Å². The largest absolute Gasteiger partial charge is 0.480 e. The molecule has 0 aliphatic heterocycles. The van der Waals surface area contributed by atoms with Gasteiger partial charge in [0.05, 0.1) is 6.54 Å². The standard InChI is InChI=1S/C21H25NO4/c1-21(2,3)26-17(23)14-22-19(20(24)25)18(15-10-6-4-7-11-15)16-12-8-5-9-13-16/h4-13,18-19,22H,14H2,1-3H3,(H,24,25)/t19-/m1/s1. The summed E-state index contributed by atoms with van der Waals surface area (Å²) >= 11 is 0. The van der Waals surface area contributed by atoms with E-state index in [-0.39, 0.29) is 6.54 Å². The summed E-state index contributed by atoms with van der Waals surface area (Å²) in [4.78, 5) is 24.0. The van der Waals surface area contributed by atoms with Crippen LogP contribution in [0.2, 0.25) is 0 Å². The van der Waals surface area contributed by atoms with Crippen LogP contribution >= 0.6 is 0 Å². The first kappa shape index (κ1) is 19.7. The minimum Gasteiger partial charge on any atom is -0.480 e. The molecule has 0 aliphatic rings. The van der Waals surface area contributed by atoms with Gasteiger partial charge in [0, 0.05) is 5.92 Å². The Morgan fingerprint density at radius 3 is 1.81 bits per heavy atom. The van der Waals surface area contributed by atoms with Gasteiger partial charge in [-0.25, -0.2) is 0 Å². The summed E-state index contributed by atoms with van der Waals surface area (Å²) in [6.45, 7) is 5.15. The van der Waals surface area contributed by atoms with Crippen molar-refractivity contribution in [1.82, 2.24) is 5.32 Å². The van der Waals surface area contributed by atoms with Crippen molar-refractivity contribution < 1.29 is 19.4 Å². The van der Waals surface area contributed by atoms with Gasteiger partial charge in [0.25, 0.3) is 0 Å². The third-order valence-corrected chi connectivity index (χ3v) is 3.80. The Morgan fingerprint density at radius 1 is 0.962 bits per heavy atom. The zero-order valence-corrected chi connectivity index (χ0v) is 15.3. The van der Waals surface area contributed by atoms with Gasteiger partial charge < -0.3 is 9.84 Å². The first-order valence-electron chi connectivity index (χ1n) is 8.56. The molecule has 0 fully saturated rings. The summed E-state index contributed by atoms with van der Waals surface area (Å²) < 4.78 is 5.26. The number of ether oxygens (including phenoxy) is 1. The fraction of sp³-hybridized carbons (Fsp3) is 0.333. The molecule has 0 unspecified atom stereocenters. The molecule has 0 aromatic heterocycles. The third-order valence-electron chi connectivity index (χ3n) is 3.80. The Balaban J connectivity index is 2.27. The van der Waals surface area contributed by atoms with Gasteiger partial charge >= 0.3 is 11.9 Å². The molecule has 138 valence electrons. The van der Waals surface area contributed by atoms with E-state index < -0.39 is 29.5 Å². The Hall–Kier alpha value is -2.66. The predicted molar refractivity (Wildman–Crippen MR) is 100.0 cm³/mol. The first-order valence-corrected chi connectivity index (χ1v) is 8.56. The van der Waals surface area contributed by atoms with Crippen LogP contribution in [0.15, 0.2) is 60.7 Å². The highest BCUT2D eigenvalue weighted by atomic mass is 16.6. The molecule has 1 atom stereocenters. The van der Waals surface area contributed by atoms with Gasteiger partial charge in [0.15, 0.2) is 0 Å². The Kier molecular flexibility index (Phi) is 6.52. The zero-order chi connectivity index (χ0) is 19.2. The van der Waals surface area contributed by atoms with Gasteiger partial charge in [-0.2, -0.15) is 0 Å². The van der Waals surface area contributed by atoms with Crippen LogP contribution in [-0.4, -0.2) is 35.2 Å². The van der Waals surface area contributed by atoms with E-state index in [0.29, 0.717) is 0 Å². The van der Waals surface area contributed by atoms with Crippen molar-refractivity contribution in [2.24, 2.45) is 0 Å². The van der Waals surface area contributed by atoms with E-state index in [1.165, 1.54) is 0 Å². The van der Waals surface area contributed by atoms with Gasteiger partial charge in [0.2, 0.25) is 0 Å². The zero-order valence-electron chi connectivity index (χ0n) is 15.3. The molecular weight excluding hydrogens is 330 g/mol. The molecule has 0 aliphatic carbocycles. The highest BCUT2D eigenvalue weighted by molar-refractivity contribution is 5.78. The fourth-order valence-corrected chi connectivity index (χ4v) is 2.82. The van der Waals surface area contributed by atoms with E-state index in [4.69, 9.17) is 4.74 Å². The van der Waals surface area contributed by atoms with Gasteiger partial charge in [-0.1, -0.05) is 60.7 Å². The number of carboxylic acid groups (broad SMARTS) is 1. The van der Waals surface area contributed by atoms with E-state index in [9.17, 15) is 14.7 Å². The molecule has 5 heteroatoms. The SMILES string of the molecule is CC(C)(C)OC(=O)CN[C@@H](C(=O)O)C(c1ccccc1)c1ccccc1. The monoisotopic (exact) mass is 355 g/mol. The molecule has 0 heterocycles. The Bertz CT molecular complexity index is 683. The number of rotatable bonds is 7. The number of aliphatic carboxylic acids is 1. The highest BCUT2D eigenvalue weighted by Crippen LogP contribution is 2.28. The number of carbonyl (C=O) groups is 2. The van der Waals surface area contributed by atoms with Crippen molar-refractivity contribution in [3.05, 3.63) is 71.8 Å². The van der Waals surface area contributed by atoms with Crippen molar-refractivity contribution in [3.8, 4) is 0 Å². The maximum absolute atomic E-state index is 12.0. The minimum atomic E-state index is -1.02. The molecule has 2 aromatic rings. The molecule has 0 amide bonds. The smallest absolute Gasteiger partial charge is 0.321 e. The minimum absolute atomic E-state index is 0.176. The highest BCUT2D eigenvalue weighted by Gasteiger charge is 2.31. The Labute approximate surface area is 154 Å². The number of esters is 1. The molecule has 2 rings (SSSR count). The molecular formula is C21H25NO4. The van der Waals surface area contributed by atoms with Crippen LogP contribution < -0.4 is 5.32 Å². The van der Waals surface area contributed by atoms with Gasteiger partial charge in [-0.05, 0) is 31.9 Å². The lowest BCUT2D eigenvalue weighted by molar-refractivity contribution is -0.154. The maximum atomic E-state index is 12.0. The lowest BCUT2D eigenvalue weighted by atomic mass is 9.85. The summed E-state index contributed by atoms with van der Waals surface area (Å²) in [7, 11) is 0. The van der Waals surface area contributed by atoms with Gasteiger partial charge in [0.1, 0.15) is 11.6 Å². The molecule has 0 saturated carbocycles. The number of nitrogens with one attached hydrogen (secondary N) is 1. The summed E-state index contributed by atoms with van der Waals surface area (Å²) in [5.74, 6) is -1.94. The second-order valence-corrected chi connectivity index (χ2v) is 7.08. The molecule has 2 aromatic carbocycles. The maximum Gasteiger partial charge on any atom is 0.321 e. The molecule has 2 N–H and O–H groups in total. The van der Waals surface area contributed by atoms with Crippen molar-refractivity contribution in [3.63, 3.8) is 0 Å². The van der Waals surface area contributed by atoms with Crippen LogP contribution in [0.4, 0.5) is 0 Å². The number of carboxylic acids is 1. The first-order chi connectivity index (χ1) is 12.3. The third kappa shape index (κ3) is 5.70. The number of hydrogen-bond acceptors (Lipinski definition) is 4. The van der Waals surface area contributed by atoms with E-state index >= 15 is 0 Å². The van der Waals surface area contributed by atoms with Crippen molar-refractivity contribution in [2.45, 2.75) is 38.3 Å². The van der Waals surface area contributed by atoms with E-state index in [1.54, 1.807) is 20.8 Å². The number of carbonyl (C=O) groups excluding carboxylic acids is 1. The fourth-order valence-electron chi connectivity index (χ4n) is 2.82. The lowest BCUT2D eigenvalue weighted by Gasteiger charge is -2.26. The average Bonchev–Trinajstić information content (AvgIpc) is 2.58. The average molecular weight is 355 g/mol. The summed E-state index contributed by atoms with van der Waals surface area (Å²) in [5, 5.41) is 12.7. The van der Waals surface area contributed by atoms with E-state index in [0.717, 1.165) is 11.1 Å². The van der Waals surface area contributed by atoms with E-state index in [2.05, 4.69) is 5.32 Å². The van der Waals surface area contributed by atoms with Crippen LogP contribution in [0.5, 0.6) is 0 Å². The molecule has 0 saturated heterocycles. The van der Waals surface area contributed by atoms with Crippen molar-refractivity contribution >= 4 is 11.9 Å². The van der Waals surface area contributed by atoms with Crippen LogP contribution in [0.3, 0.4) is 0 Å². The molecule has 0 spiro atoms. The molecule has 0 radical (unpaired) electrons. The summed E-state index contributed by atoms with van der Waals surface area (Å²) in [5.41, 5.74) is 1.11. The quantitative estimate of drug-likeness (QED) is 0.746. The topological polar surface area (TPSA) is 75.6 Å². The lowest BCUT2D eigenvalue weighted by Crippen LogP contribution is -2.45. The van der Waals surface area contributed by atoms with Crippen LogP contribution in [0.25, 0.3) is 0 Å². The van der Waals surface area contributed by atoms with Crippen LogP contribution in [0.1, 0.15) is 37.8 Å².